The highest BCUT2D eigenvalue weighted by molar-refractivity contribution is 9.10. The van der Waals surface area contributed by atoms with Gasteiger partial charge in [0.25, 0.3) is 5.91 Å². The summed E-state index contributed by atoms with van der Waals surface area (Å²) >= 11 is 3.54. The van der Waals surface area contributed by atoms with Crippen molar-refractivity contribution in [1.82, 2.24) is 10.3 Å². The van der Waals surface area contributed by atoms with Crippen LogP contribution in [0.1, 0.15) is 28.9 Å². The zero-order chi connectivity index (χ0) is 16.9. The molecule has 2 heterocycles. The molecule has 1 amide bonds. The first-order chi connectivity index (χ1) is 11.6. The number of pyridine rings is 1. The van der Waals surface area contributed by atoms with E-state index in [1.54, 1.807) is 12.3 Å². The number of hydrogen-bond acceptors (Lipinski definition) is 4. The van der Waals surface area contributed by atoms with Crippen molar-refractivity contribution in [3.8, 4) is 0 Å². The first kappa shape index (κ1) is 16.9. The molecule has 1 aliphatic heterocycles. The number of nitrogens with one attached hydrogen (secondary N) is 2. The normalized spacial score (nSPS) is 16.8. The van der Waals surface area contributed by atoms with Gasteiger partial charge in [0.2, 0.25) is 0 Å². The van der Waals surface area contributed by atoms with Crippen LogP contribution in [-0.4, -0.2) is 30.1 Å². The Bertz CT molecular complexity index is 730. The molecular formula is C18H20BrN3O2. The molecule has 3 rings (SSSR count). The van der Waals surface area contributed by atoms with Crippen molar-refractivity contribution < 1.29 is 9.53 Å². The number of hydrogen-bond donors (Lipinski definition) is 2. The van der Waals surface area contributed by atoms with E-state index in [1.165, 1.54) is 5.56 Å². The van der Waals surface area contributed by atoms with E-state index in [-0.39, 0.29) is 12.0 Å². The fourth-order valence-electron chi connectivity index (χ4n) is 2.61. The number of amides is 1. The van der Waals surface area contributed by atoms with Gasteiger partial charge in [0.05, 0.1) is 11.8 Å². The summed E-state index contributed by atoms with van der Waals surface area (Å²) in [5.74, 6) is -0.183. The van der Waals surface area contributed by atoms with E-state index in [2.05, 4.69) is 31.5 Å². The molecule has 24 heavy (non-hydrogen) atoms. The number of aromatic nitrogens is 1. The van der Waals surface area contributed by atoms with E-state index in [0.717, 1.165) is 35.3 Å². The van der Waals surface area contributed by atoms with Crippen LogP contribution in [-0.2, 0) is 4.74 Å². The predicted molar refractivity (Wildman–Crippen MR) is 97.7 cm³/mol. The first-order valence-corrected chi connectivity index (χ1v) is 8.80. The maximum Gasteiger partial charge on any atom is 0.270 e. The Kier molecular flexibility index (Phi) is 5.48. The van der Waals surface area contributed by atoms with Crippen LogP contribution in [0.25, 0.3) is 0 Å². The van der Waals surface area contributed by atoms with Gasteiger partial charge in [0, 0.05) is 29.5 Å². The number of nitrogens with zero attached hydrogens (tertiary/aromatic N) is 1. The van der Waals surface area contributed by atoms with Crippen LogP contribution >= 0.6 is 15.9 Å². The van der Waals surface area contributed by atoms with Gasteiger partial charge in [0.1, 0.15) is 5.69 Å². The molecule has 0 radical (unpaired) electrons. The summed E-state index contributed by atoms with van der Waals surface area (Å²) in [4.78, 5) is 16.4. The highest BCUT2D eigenvalue weighted by Crippen LogP contribution is 2.26. The van der Waals surface area contributed by atoms with E-state index in [9.17, 15) is 4.79 Å². The van der Waals surface area contributed by atoms with Gasteiger partial charge in [-0.15, -0.1) is 0 Å². The van der Waals surface area contributed by atoms with Gasteiger partial charge in [-0.3, -0.25) is 9.78 Å². The molecule has 1 aliphatic rings. The number of ether oxygens (including phenoxy) is 1. The Morgan fingerprint density at radius 1 is 1.38 bits per heavy atom. The van der Waals surface area contributed by atoms with E-state index >= 15 is 0 Å². The van der Waals surface area contributed by atoms with Crippen LogP contribution in [0, 0.1) is 6.92 Å². The molecule has 1 unspecified atom stereocenters. The number of rotatable bonds is 5. The van der Waals surface area contributed by atoms with Crippen molar-refractivity contribution in [2.24, 2.45) is 0 Å². The van der Waals surface area contributed by atoms with Crippen LogP contribution in [0.5, 0.6) is 0 Å². The molecule has 1 aromatic heterocycles. The first-order valence-electron chi connectivity index (χ1n) is 8.01. The van der Waals surface area contributed by atoms with Gasteiger partial charge in [0.15, 0.2) is 0 Å². The van der Waals surface area contributed by atoms with Gasteiger partial charge in [-0.05, 0) is 65.5 Å². The summed E-state index contributed by atoms with van der Waals surface area (Å²) in [6.07, 6.45) is 3.81. The lowest BCUT2D eigenvalue weighted by Gasteiger charge is -2.12. The van der Waals surface area contributed by atoms with Crippen LogP contribution in [0.15, 0.2) is 41.0 Å². The van der Waals surface area contributed by atoms with Crippen LogP contribution in [0.2, 0.25) is 0 Å². The minimum absolute atomic E-state index is 0.124. The Morgan fingerprint density at radius 2 is 2.25 bits per heavy atom. The van der Waals surface area contributed by atoms with Crippen molar-refractivity contribution in [3.05, 3.63) is 52.3 Å². The molecule has 5 nitrogen and oxygen atoms in total. The SMILES string of the molecule is Cc1ccc(Nc2ccnc(C(=O)NCC3CCCO3)c2)c(Br)c1. The fraction of sp³-hybridized carbons (Fsp3) is 0.333. The van der Waals surface area contributed by atoms with Crippen molar-refractivity contribution in [2.45, 2.75) is 25.9 Å². The minimum Gasteiger partial charge on any atom is -0.376 e. The standard InChI is InChI=1S/C18H20BrN3O2/c1-12-4-5-16(15(19)9-12)22-13-6-7-20-17(10-13)18(23)21-11-14-3-2-8-24-14/h4-7,9-10,14H,2-3,8,11H2,1H3,(H,20,22)(H,21,23). The monoisotopic (exact) mass is 389 g/mol. The maximum atomic E-state index is 12.3. The zero-order valence-corrected chi connectivity index (χ0v) is 15.1. The molecule has 0 spiro atoms. The fourth-order valence-corrected chi connectivity index (χ4v) is 3.20. The molecule has 2 aromatic rings. The highest BCUT2D eigenvalue weighted by atomic mass is 79.9. The van der Waals surface area contributed by atoms with Gasteiger partial charge < -0.3 is 15.4 Å². The second-order valence-electron chi connectivity index (χ2n) is 5.88. The quantitative estimate of drug-likeness (QED) is 0.815. The zero-order valence-electron chi connectivity index (χ0n) is 13.5. The van der Waals surface area contributed by atoms with Crippen LogP contribution < -0.4 is 10.6 Å². The maximum absolute atomic E-state index is 12.3. The number of anilines is 2. The topological polar surface area (TPSA) is 63.2 Å². The number of aryl methyl sites for hydroxylation is 1. The van der Waals surface area contributed by atoms with Crippen LogP contribution in [0.4, 0.5) is 11.4 Å². The Morgan fingerprint density at radius 3 is 3.00 bits per heavy atom. The Hall–Kier alpha value is -1.92. The van der Waals surface area contributed by atoms with E-state index < -0.39 is 0 Å². The van der Waals surface area contributed by atoms with Crippen molar-refractivity contribution >= 4 is 33.2 Å². The molecular weight excluding hydrogens is 370 g/mol. The summed E-state index contributed by atoms with van der Waals surface area (Å²) in [6.45, 7) is 3.35. The summed E-state index contributed by atoms with van der Waals surface area (Å²) in [6, 6.07) is 9.65. The third-order valence-corrected chi connectivity index (χ3v) is 4.57. The second kappa shape index (κ2) is 7.77. The molecule has 1 saturated heterocycles. The number of carbonyl (C=O) groups is 1. The third-order valence-electron chi connectivity index (χ3n) is 3.91. The molecule has 1 fully saturated rings. The molecule has 126 valence electrons. The predicted octanol–water partition coefficient (Wildman–Crippen LogP) is 3.80. The van der Waals surface area contributed by atoms with Gasteiger partial charge in [-0.25, -0.2) is 0 Å². The number of halogens is 1. The van der Waals surface area contributed by atoms with Crippen molar-refractivity contribution in [1.29, 1.82) is 0 Å². The van der Waals surface area contributed by atoms with Crippen LogP contribution in [0.3, 0.4) is 0 Å². The summed E-state index contributed by atoms with van der Waals surface area (Å²) in [7, 11) is 0. The summed E-state index contributed by atoms with van der Waals surface area (Å²) in [5, 5.41) is 6.19. The van der Waals surface area contributed by atoms with Crippen molar-refractivity contribution in [2.75, 3.05) is 18.5 Å². The molecule has 1 aromatic carbocycles. The van der Waals surface area contributed by atoms with Gasteiger partial charge >= 0.3 is 0 Å². The molecule has 2 N–H and O–H groups in total. The summed E-state index contributed by atoms with van der Waals surface area (Å²) in [5.41, 5.74) is 3.33. The molecule has 6 heteroatoms. The third kappa shape index (κ3) is 4.33. The molecule has 1 atom stereocenters. The Balaban J connectivity index is 1.65. The average Bonchev–Trinajstić information content (AvgIpc) is 3.09. The van der Waals surface area contributed by atoms with Gasteiger partial charge in [-0.2, -0.15) is 0 Å². The largest absolute Gasteiger partial charge is 0.376 e. The Labute approximate surface area is 149 Å². The summed E-state index contributed by atoms with van der Waals surface area (Å²) < 4.78 is 6.49. The molecule has 0 aliphatic carbocycles. The van der Waals surface area contributed by atoms with E-state index in [1.807, 2.05) is 31.2 Å². The average molecular weight is 390 g/mol. The number of benzene rings is 1. The van der Waals surface area contributed by atoms with E-state index in [0.29, 0.717) is 12.2 Å². The smallest absolute Gasteiger partial charge is 0.270 e. The molecule has 0 saturated carbocycles. The highest BCUT2D eigenvalue weighted by Gasteiger charge is 2.17. The molecule has 0 bridgehead atoms. The lowest BCUT2D eigenvalue weighted by Crippen LogP contribution is -2.32. The lowest BCUT2D eigenvalue weighted by atomic mass is 10.2. The number of carbonyl (C=O) groups excluding carboxylic acids is 1. The lowest BCUT2D eigenvalue weighted by molar-refractivity contribution is 0.0854. The van der Waals surface area contributed by atoms with E-state index in [4.69, 9.17) is 4.74 Å². The minimum atomic E-state index is -0.183. The van der Waals surface area contributed by atoms with Gasteiger partial charge in [-0.1, -0.05) is 6.07 Å². The van der Waals surface area contributed by atoms with Crippen molar-refractivity contribution in [3.63, 3.8) is 0 Å². The second-order valence-corrected chi connectivity index (χ2v) is 6.74.